The topological polar surface area (TPSA) is 96.4 Å². The fraction of sp³-hybridized carbons (Fsp3) is 0.250. The van der Waals surface area contributed by atoms with E-state index >= 15 is 0 Å². The third kappa shape index (κ3) is 4.69. The molecule has 29 heavy (non-hydrogen) atoms. The van der Waals surface area contributed by atoms with Crippen molar-refractivity contribution in [3.8, 4) is 0 Å². The van der Waals surface area contributed by atoms with E-state index in [0.29, 0.717) is 5.56 Å². The number of rotatable bonds is 7. The van der Waals surface area contributed by atoms with Gasteiger partial charge in [-0.05, 0) is 38.1 Å². The molecule has 0 fully saturated rings. The van der Waals surface area contributed by atoms with Crippen LogP contribution < -0.4 is 4.72 Å². The maximum atomic E-state index is 12.5. The minimum absolute atomic E-state index is 0.00262. The van der Waals surface area contributed by atoms with Gasteiger partial charge in [0, 0.05) is 12.6 Å². The molecule has 1 unspecified atom stereocenters. The number of ketones is 1. The van der Waals surface area contributed by atoms with Crippen LogP contribution in [0.3, 0.4) is 0 Å². The van der Waals surface area contributed by atoms with Crippen LogP contribution in [0.2, 0.25) is 0 Å². The highest BCUT2D eigenvalue weighted by Crippen LogP contribution is 2.28. The Morgan fingerprint density at radius 1 is 1.14 bits per heavy atom. The number of thiazole rings is 1. The van der Waals surface area contributed by atoms with Crippen molar-refractivity contribution < 1.29 is 18.0 Å². The lowest BCUT2D eigenvalue weighted by Gasteiger charge is -2.23. The molecule has 1 N–H and O–H groups in total. The molecule has 3 aromatic rings. The number of benzene rings is 2. The third-order valence-corrected chi connectivity index (χ3v) is 7.25. The first kappa shape index (κ1) is 21.1. The molecule has 9 heteroatoms. The smallest absolute Gasteiger partial charge is 0.241 e. The number of sulfonamides is 1. The maximum Gasteiger partial charge on any atom is 0.241 e. The predicted molar refractivity (Wildman–Crippen MR) is 112 cm³/mol. The highest BCUT2D eigenvalue weighted by Gasteiger charge is 2.23. The molecule has 3 rings (SSSR count). The summed E-state index contributed by atoms with van der Waals surface area (Å²) in [6.45, 7) is 2.88. The molecule has 2 aromatic carbocycles. The number of fused-ring (bicyclic) bond motifs is 1. The van der Waals surface area contributed by atoms with Crippen molar-refractivity contribution >= 4 is 43.3 Å². The van der Waals surface area contributed by atoms with Crippen molar-refractivity contribution in [1.29, 1.82) is 0 Å². The fourth-order valence-electron chi connectivity index (χ4n) is 2.68. The Morgan fingerprint density at radius 3 is 2.41 bits per heavy atom. The second-order valence-corrected chi connectivity index (χ2v) is 9.43. The van der Waals surface area contributed by atoms with E-state index in [-0.39, 0.29) is 29.2 Å². The second-order valence-electron chi connectivity index (χ2n) is 6.61. The summed E-state index contributed by atoms with van der Waals surface area (Å²) in [5, 5.41) is 0.782. The van der Waals surface area contributed by atoms with Crippen molar-refractivity contribution in [3.63, 3.8) is 0 Å². The van der Waals surface area contributed by atoms with Crippen LogP contribution in [0.15, 0.2) is 53.4 Å². The minimum Gasteiger partial charge on any atom is -0.335 e. The van der Waals surface area contributed by atoms with E-state index in [2.05, 4.69) is 9.71 Å². The van der Waals surface area contributed by atoms with Gasteiger partial charge in [-0.2, -0.15) is 0 Å². The highest BCUT2D eigenvalue weighted by molar-refractivity contribution is 7.89. The molecule has 0 saturated heterocycles. The summed E-state index contributed by atoms with van der Waals surface area (Å²) in [6.07, 6.45) is 0. The zero-order chi connectivity index (χ0) is 21.2. The molecule has 0 radical (unpaired) electrons. The quantitative estimate of drug-likeness (QED) is 0.580. The molecule has 1 atom stereocenters. The number of amides is 1. The van der Waals surface area contributed by atoms with Gasteiger partial charge in [0.2, 0.25) is 15.9 Å². The summed E-state index contributed by atoms with van der Waals surface area (Å²) in [4.78, 5) is 29.9. The number of likely N-dealkylation sites (N-methyl/N-ethyl adjacent to an activating group) is 1. The van der Waals surface area contributed by atoms with Gasteiger partial charge in [-0.15, -0.1) is 11.3 Å². The molecule has 1 amide bonds. The van der Waals surface area contributed by atoms with E-state index in [1.54, 1.807) is 7.05 Å². The number of hydrogen-bond acceptors (Lipinski definition) is 6. The fourth-order valence-corrected chi connectivity index (χ4v) is 4.72. The number of nitrogens with one attached hydrogen (secondary N) is 1. The number of carbonyl (C=O) groups is 2. The normalized spacial score (nSPS) is 12.7. The van der Waals surface area contributed by atoms with E-state index in [0.717, 1.165) is 15.2 Å². The molecular formula is C20H21N3O4S2. The molecule has 0 bridgehead atoms. The van der Waals surface area contributed by atoms with Gasteiger partial charge in [0.15, 0.2) is 5.78 Å². The molecule has 0 aliphatic heterocycles. The van der Waals surface area contributed by atoms with E-state index in [9.17, 15) is 18.0 Å². The summed E-state index contributed by atoms with van der Waals surface area (Å²) >= 11 is 1.50. The van der Waals surface area contributed by atoms with Gasteiger partial charge >= 0.3 is 0 Å². The summed E-state index contributed by atoms with van der Waals surface area (Å²) in [6, 6.07) is 13.0. The molecule has 0 spiro atoms. The van der Waals surface area contributed by atoms with E-state index in [1.807, 2.05) is 31.2 Å². The summed E-state index contributed by atoms with van der Waals surface area (Å²) in [7, 11) is -2.24. The molecule has 1 heterocycles. The van der Waals surface area contributed by atoms with Gasteiger partial charge in [-0.25, -0.2) is 18.1 Å². The Labute approximate surface area is 173 Å². The van der Waals surface area contributed by atoms with Crippen LogP contribution in [0, 0.1) is 0 Å². The Kier molecular flexibility index (Phi) is 6.11. The monoisotopic (exact) mass is 431 g/mol. The van der Waals surface area contributed by atoms with Crippen LogP contribution in [-0.2, 0) is 14.8 Å². The maximum absolute atomic E-state index is 12.5. The first-order valence-electron chi connectivity index (χ1n) is 8.91. The lowest BCUT2D eigenvalue weighted by Crippen LogP contribution is -2.39. The number of carbonyl (C=O) groups excluding carboxylic acids is 2. The molecule has 0 aliphatic carbocycles. The van der Waals surface area contributed by atoms with Crippen LogP contribution in [0.1, 0.15) is 35.3 Å². The largest absolute Gasteiger partial charge is 0.335 e. The van der Waals surface area contributed by atoms with E-state index in [1.165, 1.54) is 47.4 Å². The summed E-state index contributed by atoms with van der Waals surface area (Å²) in [5.74, 6) is -0.525. The van der Waals surface area contributed by atoms with Crippen molar-refractivity contribution in [1.82, 2.24) is 14.6 Å². The van der Waals surface area contributed by atoms with Crippen molar-refractivity contribution in [2.75, 3.05) is 13.6 Å². The Balaban J connectivity index is 1.66. The first-order chi connectivity index (χ1) is 13.7. The van der Waals surface area contributed by atoms with Crippen molar-refractivity contribution in [2.45, 2.75) is 24.8 Å². The van der Waals surface area contributed by atoms with Crippen LogP contribution >= 0.6 is 11.3 Å². The van der Waals surface area contributed by atoms with Gasteiger partial charge in [-0.3, -0.25) is 9.59 Å². The van der Waals surface area contributed by atoms with Gasteiger partial charge < -0.3 is 4.90 Å². The standard InChI is InChI=1S/C20H21N3O4S2/c1-13(20-22-17-6-4-5-7-18(17)28-20)23(3)19(25)12-21-29(26,27)16-10-8-15(9-11-16)14(2)24/h4-11,13,21H,12H2,1-3H3. The SMILES string of the molecule is CC(=O)c1ccc(S(=O)(=O)NCC(=O)N(C)C(C)c2nc3ccccc3s2)cc1. The van der Waals surface area contributed by atoms with Crippen LogP contribution in [0.25, 0.3) is 10.2 Å². The van der Waals surface area contributed by atoms with Gasteiger partial charge in [0.1, 0.15) is 5.01 Å². The Bertz CT molecular complexity index is 1120. The lowest BCUT2D eigenvalue weighted by molar-refractivity contribution is -0.130. The molecular weight excluding hydrogens is 410 g/mol. The average molecular weight is 432 g/mol. The molecule has 1 aromatic heterocycles. The first-order valence-corrected chi connectivity index (χ1v) is 11.2. The number of aromatic nitrogens is 1. The highest BCUT2D eigenvalue weighted by atomic mass is 32.2. The van der Waals surface area contributed by atoms with E-state index < -0.39 is 10.0 Å². The molecule has 152 valence electrons. The predicted octanol–water partition coefficient (Wildman–Crippen LogP) is 3.00. The Morgan fingerprint density at radius 2 is 1.79 bits per heavy atom. The zero-order valence-electron chi connectivity index (χ0n) is 16.2. The zero-order valence-corrected chi connectivity index (χ0v) is 17.9. The number of hydrogen-bond donors (Lipinski definition) is 1. The number of Topliss-reactive ketones (excluding diaryl/α,β-unsaturated/α-hetero) is 1. The average Bonchev–Trinajstić information content (AvgIpc) is 3.15. The lowest BCUT2D eigenvalue weighted by atomic mass is 10.2. The van der Waals surface area contributed by atoms with Gasteiger partial charge in [-0.1, -0.05) is 24.3 Å². The van der Waals surface area contributed by atoms with Crippen molar-refractivity contribution in [3.05, 3.63) is 59.1 Å². The Hall–Kier alpha value is -2.62. The van der Waals surface area contributed by atoms with Gasteiger partial charge in [0.05, 0.1) is 27.7 Å². The molecule has 0 saturated carbocycles. The molecule has 0 aliphatic rings. The van der Waals surface area contributed by atoms with E-state index in [4.69, 9.17) is 0 Å². The van der Waals surface area contributed by atoms with Gasteiger partial charge in [0.25, 0.3) is 0 Å². The summed E-state index contributed by atoms with van der Waals surface area (Å²) < 4.78 is 28.2. The number of para-hydroxylation sites is 1. The molecule has 7 nitrogen and oxygen atoms in total. The third-order valence-electron chi connectivity index (χ3n) is 4.63. The second kappa shape index (κ2) is 8.40. The minimum atomic E-state index is -3.86. The van der Waals surface area contributed by atoms with Crippen LogP contribution in [-0.4, -0.2) is 43.6 Å². The van der Waals surface area contributed by atoms with Crippen LogP contribution in [0.4, 0.5) is 0 Å². The van der Waals surface area contributed by atoms with Crippen molar-refractivity contribution in [2.24, 2.45) is 0 Å². The summed E-state index contributed by atoms with van der Waals surface area (Å²) in [5.41, 5.74) is 1.29. The number of nitrogens with zero attached hydrogens (tertiary/aromatic N) is 2. The van der Waals surface area contributed by atoms with Crippen LogP contribution in [0.5, 0.6) is 0 Å².